The molecule has 2 aromatic carbocycles. The van der Waals surface area contributed by atoms with Crippen LogP contribution in [0.15, 0.2) is 27.4 Å². The predicted octanol–water partition coefficient (Wildman–Crippen LogP) is -1.05. The quantitative estimate of drug-likeness (QED) is 0.182. The maximum Gasteiger partial charge on any atom is 0.229 e. The number of hydrogen-bond donors (Lipinski definition) is 8. The van der Waals surface area contributed by atoms with Crippen molar-refractivity contribution in [2.45, 2.75) is 30.7 Å². The summed E-state index contributed by atoms with van der Waals surface area (Å²) in [5.74, 6) is -3.78. The summed E-state index contributed by atoms with van der Waals surface area (Å²) in [5.41, 5.74) is -1.37. The number of fused-ring (bicyclic) bond motifs is 2. The van der Waals surface area contributed by atoms with Gasteiger partial charge in [0.2, 0.25) is 17.5 Å². The molecule has 1 aliphatic rings. The summed E-state index contributed by atoms with van der Waals surface area (Å²) in [5, 5.41) is 78.6. The molecule has 0 radical (unpaired) electrons. The summed E-state index contributed by atoms with van der Waals surface area (Å²) >= 11 is 0. The maximum atomic E-state index is 12.9. The van der Waals surface area contributed by atoms with Crippen molar-refractivity contribution in [2.24, 2.45) is 0 Å². The molecule has 166 valence electrons. The summed E-state index contributed by atoms with van der Waals surface area (Å²) in [7, 11) is 0. The fraction of sp³-hybridized carbons (Fsp3) is 0.316. The topological polar surface area (TPSA) is 211 Å². The van der Waals surface area contributed by atoms with Gasteiger partial charge in [0.25, 0.3) is 0 Å². The molecule has 0 bridgehead atoms. The van der Waals surface area contributed by atoms with Crippen LogP contribution in [0.4, 0.5) is 0 Å². The van der Waals surface area contributed by atoms with Crippen LogP contribution in [0.5, 0.6) is 28.7 Å². The molecule has 0 spiro atoms. The third kappa shape index (κ3) is 3.17. The minimum Gasteiger partial charge on any atom is -0.504 e. The van der Waals surface area contributed by atoms with E-state index in [0.717, 1.165) is 12.1 Å². The maximum absolute atomic E-state index is 12.9. The highest BCUT2D eigenvalue weighted by atomic mass is 16.7. The van der Waals surface area contributed by atoms with Crippen molar-refractivity contribution in [3.63, 3.8) is 0 Å². The van der Waals surface area contributed by atoms with Gasteiger partial charge in [-0.2, -0.15) is 0 Å². The SMILES string of the molecule is O=c1c2c(O)c(O)ccc2oc2cc(O)c(O[C@@H]3O[C@H](CO)[C@@H](O)[C@H](O)[C@H]3O)c(O)c12. The third-order valence-corrected chi connectivity index (χ3v) is 5.07. The average molecular weight is 438 g/mol. The Balaban J connectivity index is 1.86. The molecule has 0 amide bonds. The van der Waals surface area contributed by atoms with Crippen molar-refractivity contribution in [3.8, 4) is 28.7 Å². The molecular formula is C19H18O12. The first kappa shape index (κ1) is 21.0. The molecule has 0 aliphatic carbocycles. The van der Waals surface area contributed by atoms with E-state index in [-0.39, 0.29) is 11.2 Å². The fourth-order valence-electron chi connectivity index (χ4n) is 3.42. The lowest BCUT2D eigenvalue weighted by atomic mass is 9.99. The second kappa shape index (κ2) is 7.44. The number of hydrogen-bond acceptors (Lipinski definition) is 12. The van der Waals surface area contributed by atoms with Gasteiger partial charge in [-0.1, -0.05) is 0 Å². The van der Waals surface area contributed by atoms with Crippen molar-refractivity contribution < 1.29 is 54.7 Å². The molecule has 8 N–H and O–H groups in total. The normalized spacial score (nSPS) is 26.4. The van der Waals surface area contributed by atoms with Crippen LogP contribution in [-0.4, -0.2) is 78.2 Å². The number of rotatable bonds is 3. The van der Waals surface area contributed by atoms with Gasteiger partial charge >= 0.3 is 0 Å². The van der Waals surface area contributed by atoms with Crippen LogP contribution in [-0.2, 0) is 4.74 Å². The molecule has 0 unspecified atom stereocenters. The van der Waals surface area contributed by atoms with Crippen LogP contribution in [0, 0.1) is 0 Å². The number of ether oxygens (including phenoxy) is 2. The van der Waals surface area contributed by atoms with Crippen LogP contribution in [0.25, 0.3) is 21.9 Å². The van der Waals surface area contributed by atoms with Crippen LogP contribution in [0.1, 0.15) is 0 Å². The molecule has 1 saturated heterocycles. The van der Waals surface area contributed by atoms with Gasteiger partial charge in [0.15, 0.2) is 23.0 Å². The zero-order valence-corrected chi connectivity index (χ0v) is 15.5. The monoisotopic (exact) mass is 438 g/mol. The largest absolute Gasteiger partial charge is 0.504 e. The molecule has 5 atom stereocenters. The Hall–Kier alpha value is -3.29. The van der Waals surface area contributed by atoms with Crippen molar-refractivity contribution in [3.05, 3.63) is 28.4 Å². The predicted molar refractivity (Wildman–Crippen MR) is 101 cm³/mol. The van der Waals surface area contributed by atoms with E-state index in [4.69, 9.17) is 13.9 Å². The highest BCUT2D eigenvalue weighted by Crippen LogP contribution is 2.44. The van der Waals surface area contributed by atoms with Crippen LogP contribution >= 0.6 is 0 Å². The standard InChI is InChI=1S/C19H18O12/c20-4-9-13(24)16(27)17(28)19(30-9)31-18-6(22)3-8-11(15(18)26)14(25)10-7(29-8)2-1-5(21)12(10)23/h1-3,9,13,16-17,19-24,26-28H,4H2/t9-,13-,16+,17-,19+/m1/s1. The Morgan fingerprint density at radius 3 is 2.23 bits per heavy atom. The first-order chi connectivity index (χ1) is 14.6. The average Bonchev–Trinajstić information content (AvgIpc) is 2.73. The molecule has 2 heterocycles. The van der Waals surface area contributed by atoms with Crippen LogP contribution in [0.3, 0.4) is 0 Å². The number of benzene rings is 2. The molecule has 1 aliphatic heterocycles. The number of aliphatic hydroxyl groups is 4. The molecule has 4 rings (SSSR count). The molecule has 12 nitrogen and oxygen atoms in total. The van der Waals surface area contributed by atoms with Crippen LogP contribution in [0.2, 0.25) is 0 Å². The van der Waals surface area contributed by atoms with E-state index >= 15 is 0 Å². The van der Waals surface area contributed by atoms with Crippen molar-refractivity contribution in [1.82, 2.24) is 0 Å². The van der Waals surface area contributed by atoms with Gasteiger partial charge in [0, 0.05) is 6.07 Å². The second-order valence-corrected chi connectivity index (χ2v) is 7.00. The van der Waals surface area contributed by atoms with Gasteiger partial charge in [-0.25, -0.2) is 0 Å². The smallest absolute Gasteiger partial charge is 0.229 e. The molecule has 0 saturated carbocycles. The Morgan fingerprint density at radius 2 is 1.55 bits per heavy atom. The lowest BCUT2D eigenvalue weighted by molar-refractivity contribution is -0.277. The van der Waals surface area contributed by atoms with Crippen molar-refractivity contribution >= 4 is 21.9 Å². The third-order valence-electron chi connectivity index (χ3n) is 5.07. The van der Waals surface area contributed by atoms with E-state index in [1.807, 2.05) is 0 Å². The van der Waals surface area contributed by atoms with E-state index in [1.54, 1.807) is 0 Å². The molecular weight excluding hydrogens is 420 g/mol. The highest BCUT2D eigenvalue weighted by Gasteiger charge is 2.45. The molecule has 1 fully saturated rings. The van der Waals surface area contributed by atoms with Crippen molar-refractivity contribution in [1.29, 1.82) is 0 Å². The lowest BCUT2D eigenvalue weighted by Gasteiger charge is -2.39. The zero-order chi connectivity index (χ0) is 22.6. The number of phenols is 4. The van der Waals surface area contributed by atoms with Crippen molar-refractivity contribution in [2.75, 3.05) is 6.61 Å². The molecule has 3 aromatic rings. The molecule has 12 heteroatoms. The zero-order valence-electron chi connectivity index (χ0n) is 15.5. The Kier molecular flexibility index (Phi) is 5.03. The van der Waals surface area contributed by atoms with Gasteiger partial charge < -0.3 is 54.7 Å². The van der Waals surface area contributed by atoms with Gasteiger partial charge in [-0.3, -0.25) is 4.79 Å². The first-order valence-electron chi connectivity index (χ1n) is 8.99. The van der Waals surface area contributed by atoms with Gasteiger partial charge in [0.1, 0.15) is 46.4 Å². The first-order valence-corrected chi connectivity index (χ1v) is 8.99. The number of phenolic OH excluding ortho intramolecular Hbond substituents is 4. The molecule has 31 heavy (non-hydrogen) atoms. The van der Waals surface area contributed by atoms with E-state index in [0.29, 0.717) is 0 Å². The van der Waals surface area contributed by atoms with E-state index in [1.165, 1.54) is 6.07 Å². The van der Waals surface area contributed by atoms with E-state index in [2.05, 4.69) is 0 Å². The number of aliphatic hydroxyl groups excluding tert-OH is 4. The summed E-state index contributed by atoms with van der Waals surface area (Å²) < 4.78 is 15.8. The summed E-state index contributed by atoms with van der Waals surface area (Å²) in [6, 6.07) is 3.22. The summed E-state index contributed by atoms with van der Waals surface area (Å²) in [6.07, 6.45) is -8.36. The van der Waals surface area contributed by atoms with E-state index in [9.17, 15) is 45.6 Å². The lowest BCUT2D eigenvalue weighted by Crippen LogP contribution is -2.60. The second-order valence-electron chi connectivity index (χ2n) is 7.00. The van der Waals surface area contributed by atoms with Crippen LogP contribution < -0.4 is 10.2 Å². The fourth-order valence-corrected chi connectivity index (χ4v) is 3.42. The summed E-state index contributed by atoms with van der Waals surface area (Å²) in [4.78, 5) is 12.9. The van der Waals surface area contributed by atoms with Gasteiger partial charge in [-0.15, -0.1) is 0 Å². The Labute approximate surface area is 172 Å². The minimum atomic E-state index is -1.85. The van der Waals surface area contributed by atoms with Gasteiger partial charge in [0.05, 0.1) is 6.61 Å². The number of aromatic hydroxyl groups is 4. The van der Waals surface area contributed by atoms with E-state index < -0.39 is 82.3 Å². The Morgan fingerprint density at radius 1 is 0.871 bits per heavy atom. The Bertz CT molecular complexity index is 1220. The minimum absolute atomic E-state index is 0.130. The highest BCUT2D eigenvalue weighted by molar-refractivity contribution is 5.98. The summed E-state index contributed by atoms with van der Waals surface area (Å²) in [6.45, 7) is -0.737. The van der Waals surface area contributed by atoms with Gasteiger partial charge in [-0.05, 0) is 12.1 Å². The molecule has 1 aromatic heterocycles.